The number of alkyl halides is 1. The van der Waals surface area contributed by atoms with Crippen molar-refractivity contribution in [1.29, 1.82) is 5.26 Å². The van der Waals surface area contributed by atoms with Crippen LogP contribution in [0.15, 0.2) is 83.3 Å². The smallest absolute Gasteiger partial charge is 0.253 e. The first-order valence-corrected chi connectivity index (χ1v) is 15.7. The van der Waals surface area contributed by atoms with E-state index in [0.29, 0.717) is 54.4 Å². The van der Waals surface area contributed by atoms with Crippen LogP contribution in [0, 0.1) is 18.3 Å². The van der Waals surface area contributed by atoms with Gasteiger partial charge in [-0.05, 0) is 86.8 Å². The SMILES string of the molecule is Cc1ccc([C@@H](C)NCc2ccc(-c3ccc(Cl)c(C(=O)N[C@@H](CN[C@@H]4CCNC[C@@H]4F)Cc4ccc(C#N)cc4)c3)o2)cc1. The molecule has 9 heteroatoms. The van der Waals surface area contributed by atoms with Gasteiger partial charge >= 0.3 is 0 Å². The van der Waals surface area contributed by atoms with Gasteiger partial charge in [0.1, 0.15) is 17.7 Å². The van der Waals surface area contributed by atoms with E-state index in [-0.39, 0.29) is 24.0 Å². The number of hydrogen-bond acceptors (Lipinski definition) is 6. The molecule has 4 atom stereocenters. The Balaban J connectivity index is 1.26. The minimum atomic E-state index is -1.00. The van der Waals surface area contributed by atoms with Crippen molar-refractivity contribution in [3.05, 3.63) is 117 Å². The van der Waals surface area contributed by atoms with Gasteiger partial charge in [0.15, 0.2) is 0 Å². The Labute approximate surface area is 269 Å². The first-order chi connectivity index (χ1) is 21.8. The van der Waals surface area contributed by atoms with Crippen LogP contribution in [0.1, 0.15) is 57.8 Å². The molecule has 4 N–H and O–H groups in total. The maximum Gasteiger partial charge on any atom is 0.253 e. The molecule has 0 aliphatic carbocycles. The highest BCUT2D eigenvalue weighted by Crippen LogP contribution is 2.27. The Bertz CT molecular complexity index is 1620. The van der Waals surface area contributed by atoms with E-state index in [1.54, 1.807) is 24.3 Å². The fourth-order valence-corrected chi connectivity index (χ4v) is 5.69. The van der Waals surface area contributed by atoms with E-state index in [1.807, 2.05) is 30.3 Å². The van der Waals surface area contributed by atoms with E-state index >= 15 is 0 Å². The van der Waals surface area contributed by atoms with Crippen LogP contribution in [0.5, 0.6) is 0 Å². The Kier molecular flexibility index (Phi) is 11.0. The largest absolute Gasteiger partial charge is 0.460 e. The van der Waals surface area contributed by atoms with Crippen LogP contribution in [0.2, 0.25) is 5.02 Å². The zero-order valence-corrected chi connectivity index (χ0v) is 26.3. The molecule has 0 unspecified atom stereocenters. The van der Waals surface area contributed by atoms with Crippen molar-refractivity contribution in [3.63, 3.8) is 0 Å². The number of benzene rings is 3. The summed E-state index contributed by atoms with van der Waals surface area (Å²) in [5, 5.41) is 22.5. The van der Waals surface area contributed by atoms with Crippen molar-refractivity contribution in [2.75, 3.05) is 19.6 Å². The highest BCUT2D eigenvalue weighted by atomic mass is 35.5. The van der Waals surface area contributed by atoms with Crippen molar-refractivity contribution in [2.24, 2.45) is 0 Å². The predicted octanol–water partition coefficient (Wildman–Crippen LogP) is 6.26. The maximum absolute atomic E-state index is 14.5. The van der Waals surface area contributed by atoms with Crippen LogP contribution in [-0.4, -0.2) is 43.8 Å². The van der Waals surface area contributed by atoms with E-state index in [2.05, 4.69) is 65.4 Å². The highest BCUT2D eigenvalue weighted by Gasteiger charge is 2.26. The minimum Gasteiger partial charge on any atom is -0.460 e. The maximum atomic E-state index is 14.5. The molecule has 0 radical (unpaired) electrons. The molecule has 7 nitrogen and oxygen atoms in total. The molecule has 5 rings (SSSR count). The summed E-state index contributed by atoms with van der Waals surface area (Å²) in [6.45, 7) is 6.17. The lowest BCUT2D eigenvalue weighted by Gasteiger charge is -2.30. The lowest BCUT2D eigenvalue weighted by Crippen LogP contribution is -2.53. The molecule has 0 spiro atoms. The van der Waals surface area contributed by atoms with Crippen LogP contribution in [0.3, 0.4) is 0 Å². The fourth-order valence-electron chi connectivity index (χ4n) is 5.49. The summed E-state index contributed by atoms with van der Waals surface area (Å²) < 4.78 is 20.6. The molecule has 1 amide bonds. The summed E-state index contributed by atoms with van der Waals surface area (Å²) >= 11 is 6.53. The number of nitrogens with one attached hydrogen (secondary N) is 4. The van der Waals surface area contributed by atoms with Crippen LogP contribution in [0.25, 0.3) is 11.3 Å². The molecule has 1 aromatic heterocycles. The molecule has 1 fully saturated rings. The third kappa shape index (κ3) is 8.80. The van der Waals surface area contributed by atoms with E-state index in [4.69, 9.17) is 21.3 Å². The molecule has 2 heterocycles. The van der Waals surface area contributed by atoms with Crippen molar-refractivity contribution < 1.29 is 13.6 Å². The van der Waals surface area contributed by atoms with Crippen molar-refractivity contribution in [1.82, 2.24) is 21.3 Å². The number of halogens is 2. The van der Waals surface area contributed by atoms with Crippen LogP contribution >= 0.6 is 11.6 Å². The second kappa shape index (κ2) is 15.3. The zero-order chi connectivity index (χ0) is 31.8. The number of nitriles is 1. The average Bonchev–Trinajstić information content (AvgIpc) is 3.53. The van der Waals surface area contributed by atoms with Crippen molar-refractivity contribution >= 4 is 17.5 Å². The monoisotopic (exact) mass is 627 g/mol. The van der Waals surface area contributed by atoms with Gasteiger partial charge < -0.3 is 25.7 Å². The third-order valence-corrected chi connectivity index (χ3v) is 8.58. The molecule has 1 aliphatic heterocycles. The number of piperidine rings is 1. The first-order valence-electron chi connectivity index (χ1n) is 15.4. The number of furan rings is 1. The lowest BCUT2D eigenvalue weighted by atomic mass is 10.0. The molecule has 4 aromatic rings. The number of aryl methyl sites for hydroxylation is 1. The van der Waals surface area contributed by atoms with Crippen LogP contribution in [0.4, 0.5) is 4.39 Å². The molecule has 45 heavy (non-hydrogen) atoms. The zero-order valence-electron chi connectivity index (χ0n) is 25.6. The van der Waals surface area contributed by atoms with E-state index in [9.17, 15) is 9.18 Å². The average molecular weight is 628 g/mol. The number of carbonyl (C=O) groups excluding carboxylic acids is 1. The van der Waals surface area contributed by atoms with Crippen LogP contribution < -0.4 is 21.3 Å². The van der Waals surface area contributed by atoms with Gasteiger partial charge in [-0.25, -0.2) is 4.39 Å². The number of amides is 1. The Hall–Kier alpha value is -4.00. The number of carbonyl (C=O) groups is 1. The normalized spacial score (nSPS) is 17.8. The van der Waals surface area contributed by atoms with Gasteiger partial charge in [-0.15, -0.1) is 0 Å². The second-order valence-corrected chi connectivity index (χ2v) is 12.1. The first kappa shape index (κ1) is 32.4. The molecule has 1 aliphatic rings. The van der Waals surface area contributed by atoms with E-state index in [1.165, 1.54) is 11.1 Å². The van der Waals surface area contributed by atoms with Gasteiger partial charge in [0.2, 0.25) is 0 Å². The number of nitrogens with zero attached hydrogens (tertiary/aromatic N) is 1. The Morgan fingerprint density at radius 1 is 1.11 bits per heavy atom. The summed E-state index contributed by atoms with van der Waals surface area (Å²) in [6.07, 6.45) is 0.160. The summed E-state index contributed by atoms with van der Waals surface area (Å²) in [4.78, 5) is 13.6. The topological polar surface area (TPSA) is 102 Å². The molecular formula is C36H39ClFN5O2. The summed E-state index contributed by atoms with van der Waals surface area (Å²) in [6, 6.07) is 26.4. The van der Waals surface area contributed by atoms with Gasteiger partial charge in [-0.2, -0.15) is 5.26 Å². The third-order valence-electron chi connectivity index (χ3n) is 8.25. The predicted molar refractivity (Wildman–Crippen MR) is 176 cm³/mol. The van der Waals surface area contributed by atoms with Gasteiger partial charge in [-0.3, -0.25) is 4.79 Å². The molecule has 0 saturated carbocycles. The Morgan fingerprint density at radius 2 is 1.89 bits per heavy atom. The lowest BCUT2D eigenvalue weighted by molar-refractivity contribution is 0.0934. The van der Waals surface area contributed by atoms with Crippen molar-refractivity contribution in [2.45, 2.75) is 57.5 Å². The quantitative estimate of drug-likeness (QED) is 0.148. The molecule has 0 bridgehead atoms. The standard InChI is InChI=1S/C36H39ClFN5O2/c1-23-3-9-27(10-4-23)24(2)41-21-30-12-14-35(45-30)28-11-13-32(37)31(18-28)36(44)43-29(17-25-5-7-26(19-39)8-6-25)20-42-34-15-16-40-22-33(34)38/h3-14,18,24,29,33-34,40-42H,15-17,20-22H2,1-2H3,(H,43,44)/t24-,29-,33+,34-/m1/s1. The van der Waals surface area contributed by atoms with Crippen molar-refractivity contribution in [3.8, 4) is 17.4 Å². The van der Waals surface area contributed by atoms with Crippen LogP contribution in [-0.2, 0) is 13.0 Å². The number of rotatable bonds is 12. The molecule has 234 valence electrons. The number of hydrogen-bond donors (Lipinski definition) is 4. The van der Waals surface area contributed by atoms with E-state index < -0.39 is 6.17 Å². The summed E-state index contributed by atoms with van der Waals surface area (Å²) in [7, 11) is 0. The van der Waals surface area contributed by atoms with Gasteiger partial charge in [0.05, 0.1) is 28.8 Å². The van der Waals surface area contributed by atoms with E-state index in [0.717, 1.165) is 23.4 Å². The van der Waals surface area contributed by atoms with Gasteiger partial charge in [0.25, 0.3) is 5.91 Å². The van der Waals surface area contributed by atoms with Gasteiger partial charge in [0, 0.05) is 36.8 Å². The minimum absolute atomic E-state index is 0.155. The molecule has 3 aromatic carbocycles. The molecule has 1 saturated heterocycles. The Morgan fingerprint density at radius 3 is 2.62 bits per heavy atom. The highest BCUT2D eigenvalue weighted by molar-refractivity contribution is 6.34. The summed E-state index contributed by atoms with van der Waals surface area (Å²) in [5.41, 5.74) is 5.01. The fraction of sp³-hybridized carbons (Fsp3) is 0.333. The second-order valence-electron chi connectivity index (χ2n) is 11.7. The van der Waals surface area contributed by atoms with Gasteiger partial charge in [-0.1, -0.05) is 53.6 Å². The summed E-state index contributed by atoms with van der Waals surface area (Å²) in [5.74, 6) is 1.09. The molecular weight excluding hydrogens is 589 g/mol.